The third-order valence-electron chi connectivity index (χ3n) is 0.654. The van der Waals surface area contributed by atoms with E-state index in [9.17, 15) is 0 Å². The Morgan fingerprint density at radius 2 is 2.14 bits per heavy atom. The van der Waals surface area contributed by atoms with Crippen molar-refractivity contribution in [2.75, 3.05) is 26.8 Å². The predicted octanol–water partition coefficient (Wildman–Crippen LogP) is 1.54. The lowest BCUT2D eigenvalue weighted by atomic mass is 10.7. The van der Waals surface area contributed by atoms with Gasteiger partial charge in [0, 0.05) is 6.54 Å². The predicted molar refractivity (Wildman–Crippen MR) is 40.7 cm³/mol. The maximum absolute atomic E-state index is 3.38. The minimum atomic E-state index is 0.921. The molecule has 0 aliphatic carbocycles. The maximum Gasteiger partial charge on any atom is 0.00199 e. The van der Waals surface area contributed by atoms with E-state index in [0.717, 1.165) is 7.28 Å². The van der Waals surface area contributed by atoms with Gasteiger partial charge in [0.05, 0.1) is 0 Å². The van der Waals surface area contributed by atoms with Gasteiger partial charge < -0.3 is 4.90 Å². The summed E-state index contributed by atoms with van der Waals surface area (Å²) in [5.41, 5.74) is 0. The van der Waals surface area contributed by atoms with Crippen LogP contribution in [0.2, 0.25) is 0 Å². The first kappa shape index (κ1) is 7.87. The highest BCUT2D eigenvalue weighted by Crippen LogP contribution is 2.17. The zero-order valence-corrected chi connectivity index (χ0v) is 7.33. The molecule has 0 heterocycles. The van der Waals surface area contributed by atoms with E-state index in [1.54, 1.807) is 0 Å². The number of rotatable bonds is 3. The third kappa shape index (κ3) is 6.87. The molecule has 0 aliphatic heterocycles. The molecule has 0 N–H and O–H groups in total. The molecule has 0 aromatic rings. The first-order valence-corrected chi connectivity index (χ1v) is 5.72. The first-order valence-electron chi connectivity index (χ1n) is 2.25. The fraction of sp³-hybridized carbons (Fsp3) is 1.00. The topological polar surface area (TPSA) is 3.24 Å². The van der Waals surface area contributed by atoms with Crippen LogP contribution in [0.3, 0.4) is 0 Å². The summed E-state index contributed by atoms with van der Waals surface area (Å²) in [5.74, 6) is 0. The second-order valence-corrected chi connectivity index (χ2v) is 4.14. The second-order valence-electron chi connectivity index (χ2n) is 1.69. The summed E-state index contributed by atoms with van der Waals surface area (Å²) in [6, 6.07) is 0. The van der Waals surface area contributed by atoms with Crippen molar-refractivity contribution in [1.82, 2.24) is 4.90 Å². The Kier molecular flexibility index (Phi) is 5.64. The van der Waals surface area contributed by atoms with E-state index in [1.165, 1.54) is 12.7 Å². The van der Waals surface area contributed by atoms with Gasteiger partial charge in [0.2, 0.25) is 0 Å². The third-order valence-corrected chi connectivity index (χ3v) is 2.26. The molecule has 0 radical (unpaired) electrons. The van der Waals surface area contributed by atoms with Gasteiger partial charge in [0.15, 0.2) is 0 Å². The lowest BCUT2D eigenvalue weighted by Crippen LogP contribution is -2.13. The molecule has 0 fully saturated rings. The monoisotopic (exact) mass is 183 g/mol. The normalized spacial score (nSPS) is 12.0. The Hall–Kier alpha value is 0.870. The van der Waals surface area contributed by atoms with Crippen LogP contribution in [0.15, 0.2) is 0 Å². The minimum absolute atomic E-state index is 0.921. The maximum atomic E-state index is 3.38. The molecule has 0 amide bonds. The highest BCUT2D eigenvalue weighted by atomic mass is 79.9. The standard InChI is InChI=1S/C4H11BrNP/c1-6(2)3-4-7-5/h7H,3-4H2,1-2H3. The van der Waals surface area contributed by atoms with Gasteiger partial charge in [-0.05, 0) is 27.5 Å². The zero-order valence-electron chi connectivity index (χ0n) is 4.74. The Morgan fingerprint density at radius 3 is 2.29 bits per heavy atom. The molecule has 0 saturated heterocycles. The molecule has 0 rings (SSSR count). The number of hydrogen-bond donors (Lipinski definition) is 0. The van der Waals surface area contributed by atoms with Gasteiger partial charge in [0.25, 0.3) is 0 Å². The van der Waals surface area contributed by atoms with Crippen LogP contribution >= 0.6 is 22.8 Å². The quantitative estimate of drug-likeness (QED) is 0.601. The molecule has 0 aliphatic rings. The van der Waals surface area contributed by atoms with Crippen LogP contribution in [0.5, 0.6) is 0 Å². The van der Waals surface area contributed by atoms with Gasteiger partial charge in [0.1, 0.15) is 0 Å². The number of hydrogen-bond acceptors (Lipinski definition) is 1. The van der Waals surface area contributed by atoms with E-state index in [2.05, 4.69) is 34.5 Å². The van der Waals surface area contributed by atoms with Crippen LogP contribution in [-0.2, 0) is 0 Å². The summed E-state index contributed by atoms with van der Waals surface area (Å²) in [5, 5.41) is 0. The Labute approximate surface area is 55.0 Å². The van der Waals surface area contributed by atoms with Crippen molar-refractivity contribution in [1.29, 1.82) is 0 Å². The molecule has 0 aromatic heterocycles. The van der Waals surface area contributed by atoms with Crippen molar-refractivity contribution in [2.24, 2.45) is 0 Å². The fourth-order valence-corrected chi connectivity index (χ4v) is 1.33. The SMILES string of the molecule is CN(C)CCPBr. The molecular weight excluding hydrogens is 173 g/mol. The van der Waals surface area contributed by atoms with E-state index in [0.29, 0.717) is 0 Å². The summed E-state index contributed by atoms with van der Waals surface area (Å²) < 4.78 is 0. The fourth-order valence-electron chi connectivity index (χ4n) is 0.266. The van der Waals surface area contributed by atoms with Crippen LogP contribution < -0.4 is 0 Å². The minimum Gasteiger partial charge on any atom is -0.309 e. The molecule has 3 heteroatoms. The van der Waals surface area contributed by atoms with Crippen molar-refractivity contribution in [2.45, 2.75) is 0 Å². The van der Waals surface area contributed by atoms with Gasteiger partial charge in [-0.3, -0.25) is 0 Å². The van der Waals surface area contributed by atoms with Crippen molar-refractivity contribution < 1.29 is 0 Å². The smallest absolute Gasteiger partial charge is 0.00199 e. The molecule has 0 saturated carbocycles. The largest absolute Gasteiger partial charge is 0.309 e. The number of halogens is 1. The van der Waals surface area contributed by atoms with Gasteiger partial charge >= 0.3 is 0 Å². The molecule has 7 heavy (non-hydrogen) atoms. The summed E-state index contributed by atoms with van der Waals surface area (Å²) in [6.07, 6.45) is 1.27. The molecule has 0 spiro atoms. The van der Waals surface area contributed by atoms with Crippen molar-refractivity contribution in [3.8, 4) is 0 Å². The summed E-state index contributed by atoms with van der Waals surface area (Å²) in [6.45, 7) is 1.20. The first-order chi connectivity index (χ1) is 3.27. The Morgan fingerprint density at radius 1 is 1.57 bits per heavy atom. The van der Waals surface area contributed by atoms with Crippen LogP contribution in [0, 0.1) is 0 Å². The molecule has 1 unspecified atom stereocenters. The average molecular weight is 184 g/mol. The van der Waals surface area contributed by atoms with E-state index in [-0.39, 0.29) is 0 Å². The van der Waals surface area contributed by atoms with Crippen LogP contribution in [0.1, 0.15) is 0 Å². The second kappa shape index (κ2) is 5.02. The Balaban J connectivity index is 2.68. The van der Waals surface area contributed by atoms with Gasteiger partial charge in [-0.25, -0.2) is 0 Å². The average Bonchev–Trinajstić information content (AvgIpc) is 1.61. The molecule has 44 valence electrons. The zero-order chi connectivity index (χ0) is 5.70. The van der Waals surface area contributed by atoms with Crippen molar-refractivity contribution in [3.05, 3.63) is 0 Å². The van der Waals surface area contributed by atoms with Crippen molar-refractivity contribution in [3.63, 3.8) is 0 Å². The highest BCUT2D eigenvalue weighted by Gasteiger charge is 1.84. The van der Waals surface area contributed by atoms with Crippen LogP contribution in [-0.4, -0.2) is 31.7 Å². The van der Waals surface area contributed by atoms with E-state index >= 15 is 0 Å². The van der Waals surface area contributed by atoms with Crippen LogP contribution in [0.25, 0.3) is 0 Å². The lowest BCUT2D eigenvalue weighted by Gasteiger charge is -2.05. The molecule has 0 aromatic carbocycles. The van der Waals surface area contributed by atoms with E-state index in [1.807, 2.05) is 0 Å². The van der Waals surface area contributed by atoms with Crippen LogP contribution in [0.4, 0.5) is 0 Å². The highest BCUT2D eigenvalue weighted by molar-refractivity contribution is 9.36. The number of nitrogens with zero attached hydrogens (tertiary/aromatic N) is 1. The van der Waals surface area contributed by atoms with Gasteiger partial charge in [-0.1, -0.05) is 15.5 Å². The van der Waals surface area contributed by atoms with Gasteiger partial charge in [-0.2, -0.15) is 0 Å². The molecular formula is C4H11BrNP. The summed E-state index contributed by atoms with van der Waals surface area (Å²) >= 11 is 3.38. The van der Waals surface area contributed by atoms with Crippen molar-refractivity contribution >= 4 is 22.8 Å². The van der Waals surface area contributed by atoms with Gasteiger partial charge in [-0.15, -0.1) is 0 Å². The van der Waals surface area contributed by atoms with E-state index in [4.69, 9.17) is 0 Å². The van der Waals surface area contributed by atoms with E-state index < -0.39 is 0 Å². The molecule has 1 nitrogen and oxygen atoms in total. The molecule has 0 bridgehead atoms. The summed E-state index contributed by atoms with van der Waals surface area (Å²) in [7, 11) is 5.10. The summed E-state index contributed by atoms with van der Waals surface area (Å²) in [4.78, 5) is 2.19. The lowest BCUT2D eigenvalue weighted by molar-refractivity contribution is 0.437. The Bertz CT molecular complexity index is 40.7. The molecule has 1 atom stereocenters.